The summed E-state index contributed by atoms with van der Waals surface area (Å²) in [7, 11) is 1.59. The van der Waals surface area contributed by atoms with E-state index in [0.717, 1.165) is 16.9 Å². The second kappa shape index (κ2) is 7.09. The van der Waals surface area contributed by atoms with Crippen molar-refractivity contribution in [1.82, 2.24) is 0 Å². The highest BCUT2D eigenvalue weighted by Crippen LogP contribution is 2.22. The first-order valence-electron chi connectivity index (χ1n) is 6.67. The minimum absolute atomic E-state index is 0.378. The summed E-state index contributed by atoms with van der Waals surface area (Å²) in [6.07, 6.45) is 1.74. The summed E-state index contributed by atoms with van der Waals surface area (Å²) in [5.74, 6) is 0.808. The van der Waals surface area contributed by atoms with Gasteiger partial charge in [0, 0.05) is 6.92 Å². The molecule has 0 saturated carbocycles. The second-order valence-electron chi connectivity index (χ2n) is 4.56. The first-order chi connectivity index (χ1) is 10.6. The highest BCUT2D eigenvalue weighted by Gasteiger charge is 2.03. The summed E-state index contributed by atoms with van der Waals surface area (Å²) in [5, 5.41) is 9.35. The third-order valence-corrected chi connectivity index (χ3v) is 2.95. The molecule has 0 N–H and O–H groups in total. The van der Waals surface area contributed by atoms with Crippen molar-refractivity contribution in [3.63, 3.8) is 0 Å². The van der Waals surface area contributed by atoms with E-state index >= 15 is 0 Å². The molecule has 0 fully saturated rings. The molecule has 0 radical (unpaired) electrons. The van der Waals surface area contributed by atoms with Gasteiger partial charge >= 0.3 is 5.97 Å². The fourth-order valence-electron chi connectivity index (χ4n) is 1.95. The van der Waals surface area contributed by atoms with Crippen LogP contribution in [0.4, 0.5) is 0 Å². The Kier molecular flexibility index (Phi) is 4.94. The molecule has 0 atom stereocenters. The second-order valence-corrected chi connectivity index (χ2v) is 4.56. The average molecular weight is 293 g/mol. The van der Waals surface area contributed by atoms with Crippen LogP contribution in [0.5, 0.6) is 11.5 Å². The van der Waals surface area contributed by atoms with E-state index in [4.69, 9.17) is 9.47 Å². The van der Waals surface area contributed by atoms with Crippen LogP contribution in [0, 0.1) is 11.3 Å². The number of carbonyl (C=O) groups is 1. The molecule has 4 heteroatoms. The molecule has 0 aliphatic carbocycles. The zero-order valence-electron chi connectivity index (χ0n) is 12.4. The van der Waals surface area contributed by atoms with Crippen molar-refractivity contribution >= 4 is 17.6 Å². The number of methoxy groups -OCH3 is 1. The number of hydrogen-bond donors (Lipinski definition) is 0. The number of rotatable bonds is 4. The van der Waals surface area contributed by atoms with Crippen LogP contribution in [0.1, 0.15) is 18.1 Å². The minimum atomic E-state index is -0.378. The Morgan fingerprint density at radius 1 is 1.14 bits per heavy atom. The fourth-order valence-corrected chi connectivity index (χ4v) is 1.95. The SMILES string of the molecule is COc1ccc(/C(C#N)=C\c2cccc(OC(C)=O)c2)cc1. The lowest BCUT2D eigenvalue weighted by Gasteiger charge is -2.04. The molecule has 0 saturated heterocycles. The van der Waals surface area contributed by atoms with Gasteiger partial charge in [-0.15, -0.1) is 0 Å². The molecular weight excluding hydrogens is 278 g/mol. The van der Waals surface area contributed by atoms with Gasteiger partial charge in [0.25, 0.3) is 0 Å². The van der Waals surface area contributed by atoms with E-state index in [1.165, 1.54) is 6.92 Å². The van der Waals surface area contributed by atoms with Crippen LogP contribution in [0.15, 0.2) is 48.5 Å². The van der Waals surface area contributed by atoms with Gasteiger partial charge in [-0.3, -0.25) is 4.79 Å². The first-order valence-corrected chi connectivity index (χ1v) is 6.67. The summed E-state index contributed by atoms with van der Waals surface area (Å²) in [6, 6.07) is 16.4. The maximum Gasteiger partial charge on any atom is 0.308 e. The van der Waals surface area contributed by atoms with Gasteiger partial charge in [-0.05, 0) is 53.6 Å². The van der Waals surface area contributed by atoms with Crippen LogP contribution >= 0.6 is 0 Å². The molecule has 0 unspecified atom stereocenters. The number of nitrogens with zero attached hydrogens (tertiary/aromatic N) is 1. The van der Waals surface area contributed by atoms with Gasteiger partial charge in [-0.25, -0.2) is 0 Å². The van der Waals surface area contributed by atoms with Crippen molar-refractivity contribution in [3.8, 4) is 17.6 Å². The molecule has 4 nitrogen and oxygen atoms in total. The average Bonchev–Trinajstić information content (AvgIpc) is 2.52. The number of allylic oxidation sites excluding steroid dienone is 1. The number of ether oxygens (including phenoxy) is 2. The topological polar surface area (TPSA) is 59.3 Å². The van der Waals surface area contributed by atoms with Gasteiger partial charge in [-0.2, -0.15) is 5.26 Å². The molecular formula is C18H15NO3. The summed E-state index contributed by atoms with van der Waals surface area (Å²) < 4.78 is 10.1. The number of esters is 1. The maximum atomic E-state index is 11.0. The quantitative estimate of drug-likeness (QED) is 0.373. The molecule has 2 aromatic rings. The van der Waals surface area contributed by atoms with Crippen molar-refractivity contribution in [2.75, 3.05) is 7.11 Å². The highest BCUT2D eigenvalue weighted by molar-refractivity contribution is 5.89. The number of hydrogen-bond acceptors (Lipinski definition) is 4. The van der Waals surface area contributed by atoms with Gasteiger partial charge in [-0.1, -0.05) is 12.1 Å². The molecule has 0 spiro atoms. The molecule has 0 bridgehead atoms. The van der Waals surface area contributed by atoms with E-state index in [9.17, 15) is 10.1 Å². The smallest absolute Gasteiger partial charge is 0.308 e. The van der Waals surface area contributed by atoms with E-state index in [2.05, 4.69) is 6.07 Å². The predicted molar refractivity (Wildman–Crippen MR) is 84.2 cm³/mol. The summed E-state index contributed by atoms with van der Waals surface area (Å²) in [6.45, 7) is 1.35. The molecule has 0 aliphatic rings. The lowest BCUT2D eigenvalue weighted by Crippen LogP contribution is -2.01. The summed E-state index contributed by atoms with van der Waals surface area (Å²) in [5.41, 5.74) is 2.09. The summed E-state index contributed by atoms with van der Waals surface area (Å²) >= 11 is 0. The lowest BCUT2D eigenvalue weighted by atomic mass is 10.0. The van der Waals surface area contributed by atoms with Crippen molar-refractivity contribution in [2.45, 2.75) is 6.92 Å². The Morgan fingerprint density at radius 3 is 2.45 bits per heavy atom. The van der Waals surface area contributed by atoms with Crippen LogP contribution in [0.3, 0.4) is 0 Å². The molecule has 0 aromatic heterocycles. The van der Waals surface area contributed by atoms with Gasteiger partial charge in [0.05, 0.1) is 18.8 Å². The zero-order valence-corrected chi connectivity index (χ0v) is 12.4. The van der Waals surface area contributed by atoms with Crippen LogP contribution in [0.2, 0.25) is 0 Å². The number of benzene rings is 2. The third kappa shape index (κ3) is 3.97. The Labute approximate surface area is 129 Å². The normalized spacial score (nSPS) is 10.7. The largest absolute Gasteiger partial charge is 0.497 e. The number of carbonyl (C=O) groups excluding carboxylic acids is 1. The molecule has 110 valence electrons. The Morgan fingerprint density at radius 2 is 1.86 bits per heavy atom. The summed E-state index contributed by atoms with van der Waals surface area (Å²) in [4.78, 5) is 11.0. The molecule has 22 heavy (non-hydrogen) atoms. The van der Waals surface area contributed by atoms with E-state index < -0.39 is 0 Å². The van der Waals surface area contributed by atoms with Gasteiger partial charge in [0.15, 0.2) is 0 Å². The third-order valence-electron chi connectivity index (χ3n) is 2.95. The predicted octanol–water partition coefficient (Wildman–Crippen LogP) is 3.68. The lowest BCUT2D eigenvalue weighted by molar-refractivity contribution is -0.131. The maximum absolute atomic E-state index is 11.0. The van der Waals surface area contributed by atoms with Crippen LogP contribution in [-0.2, 0) is 4.79 Å². The van der Waals surface area contributed by atoms with Gasteiger partial charge in [0.2, 0.25) is 0 Å². The Hall–Kier alpha value is -3.06. The van der Waals surface area contributed by atoms with Crippen molar-refractivity contribution in [3.05, 3.63) is 59.7 Å². The molecule has 0 aliphatic heterocycles. The van der Waals surface area contributed by atoms with Gasteiger partial charge < -0.3 is 9.47 Å². The number of nitriles is 1. The van der Waals surface area contributed by atoms with Crippen LogP contribution in [0.25, 0.3) is 11.6 Å². The molecule has 0 amide bonds. The molecule has 2 rings (SSSR count). The molecule has 2 aromatic carbocycles. The fraction of sp³-hybridized carbons (Fsp3) is 0.111. The van der Waals surface area contributed by atoms with E-state index in [-0.39, 0.29) is 5.97 Å². The van der Waals surface area contributed by atoms with Crippen molar-refractivity contribution < 1.29 is 14.3 Å². The highest BCUT2D eigenvalue weighted by atomic mass is 16.5. The van der Waals surface area contributed by atoms with Crippen LogP contribution in [-0.4, -0.2) is 13.1 Å². The van der Waals surface area contributed by atoms with Crippen molar-refractivity contribution in [1.29, 1.82) is 5.26 Å². The van der Waals surface area contributed by atoms with Crippen LogP contribution < -0.4 is 9.47 Å². The zero-order chi connectivity index (χ0) is 15.9. The Balaban J connectivity index is 2.32. The standard InChI is InChI=1S/C18H15NO3/c1-13(20)22-18-5-3-4-14(11-18)10-16(12-19)15-6-8-17(21-2)9-7-15/h3-11H,1-2H3/b16-10-. The van der Waals surface area contributed by atoms with E-state index in [1.807, 2.05) is 18.2 Å². The van der Waals surface area contributed by atoms with Gasteiger partial charge in [0.1, 0.15) is 11.5 Å². The Bertz CT molecular complexity index is 740. The monoisotopic (exact) mass is 293 g/mol. The molecule has 0 heterocycles. The van der Waals surface area contributed by atoms with E-state index in [1.54, 1.807) is 43.5 Å². The minimum Gasteiger partial charge on any atom is -0.497 e. The first kappa shape index (κ1) is 15.3. The van der Waals surface area contributed by atoms with E-state index in [0.29, 0.717) is 11.3 Å². The van der Waals surface area contributed by atoms with Crippen molar-refractivity contribution in [2.24, 2.45) is 0 Å².